The van der Waals surface area contributed by atoms with E-state index in [1.54, 1.807) is 24.3 Å². The highest BCUT2D eigenvalue weighted by molar-refractivity contribution is 7.89. The molecule has 0 aromatic heterocycles. The molecule has 0 unspecified atom stereocenters. The zero-order chi connectivity index (χ0) is 29.2. The summed E-state index contributed by atoms with van der Waals surface area (Å²) < 4.78 is 95.4. The molecule has 0 radical (unpaired) electrons. The van der Waals surface area contributed by atoms with E-state index in [9.17, 15) is 30.4 Å². The maximum Gasteiger partial charge on any atom is 0.416 e. The van der Waals surface area contributed by atoms with Crippen molar-refractivity contribution in [3.8, 4) is 0 Å². The summed E-state index contributed by atoms with van der Waals surface area (Å²) in [7, 11) is -4.07. The Hall–Kier alpha value is -2.82. The lowest BCUT2D eigenvalue weighted by Crippen LogP contribution is -2.48. The molecule has 10 heteroatoms. The molecule has 3 aromatic carbocycles. The van der Waals surface area contributed by atoms with E-state index in [0.717, 1.165) is 48.7 Å². The third kappa shape index (κ3) is 7.16. The lowest BCUT2D eigenvalue weighted by atomic mass is 9.87. The number of halogens is 5. The SMILES string of the molecule is O=S(=O)(c1cccc(C(F)(F)F)c1)N(C1CC1)C1CCN(CCCC(c2ccc(F)cc2)c2ccc(F)cc2)CC1. The average Bonchev–Trinajstić information content (AvgIpc) is 3.78. The van der Waals surface area contributed by atoms with Gasteiger partial charge in [0, 0.05) is 18.0 Å². The first-order chi connectivity index (χ1) is 19.5. The van der Waals surface area contributed by atoms with Gasteiger partial charge in [0.15, 0.2) is 0 Å². The summed E-state index contributed by atoms with van der Waals surface area (Å²) in [6.45, 7) is 2.16. The molecule has 3 aromatic rings. The van der Waals surface area contributed by atoms with Crippen molar-refractivity contribution >= 4 is 10.0 Å². The van der Waals surface area contributed by atoms with Gasteiger partial charge in [0.2, 0.25) is 10.0 Å². The first-order valence-corrected chi connectivity index (χ1v) is 15.4. The van der Waals surface area contributed by atoms with Crippen molar-refractivity contribution in [3.63, 3.8) is 0 Å². The molecule has 0 N–H and O–H groups in total. The predicted molar refractivity (Wildman–Crippen MR) is 147 cm³/mol. The predicted octanol–water partition coefficient (Wildman–Crippen LogP) is 7.21. The molecule has 1 saturated heterocycles. The van der Waals surface area contributed by atoms with E-state index in [2.05, 4.69) is 4.90 Å². The van der Waals surface area contributed by atoms with Crippen molar-refractivity contribution in [2.24, 2.45) is 0 Å². The Morgan fingerprint density at radius 1 is 0.805 bits per heavy atom. The van der Waals surface area contributed by atoms with E-state index >= 15 is 0 Å². The van der Waals surface area contributed by atoms with E-state index in [1.165, 1.54) is 34.6 Å². The van der Waals surface area contributed by atoms with Gasteiger partial charge < -0.3 is 4.90 Å². The van der Waals surface area contributed by atoms with Gasteiger partial charge in [0.1, 0.15) is 11.6 Å². The third-order valence-electron chi connectivity index (χ3n) is 8.07. The standard InChI is InChI=1S/C31H33F5N2O2S/c32-25-10-6-22(7-11-25)30(23-8-12-26(33)13-9-23)5-2-18-37-19-16-28(17-20-37)38(27-14-15-27)41(39,40)29-4-1-3-24(21-29)31(34,35)36/h1,3-4,6-13,21,27-28,30H,2,5,14-20H2. The molecule has 1 aliphatic heterocycles. The van der Waals surface area contributed by atoms with Gasteiger partial charge in [-0.05, 0) is 112 Å². The number of sulfonamides is 1. The molecular formula is C31H33F5N2O2S. The lowest BCUT2D eigenvalue weighted by Gasteiger charge is -2.38. The molecule has 2 fully saturated rings. The Morgan fingerprint density at radius 3 is 1.85 bits per heavy atom. The highest BCUT2D eigenvalue weighted by Crippen LogP contribution is 2.38. The maximum atomic E-state index is 13.5. The monoisotopic (exact) mass is 592 g/mol. The average molecular weight is 593 g/mol. The maximum absolute atomic E-state index is 13.5. The summed E-state index contributed by atoms with van der Waals surface area (Å²) >= 11 is 0. The van der Waals surface area contributed by atoms with Gasteiger partial charge in [0.05, 0.1) is 10.5 Å². The molecule has 5 rings (SSSR count). The van der Waals surface area contributed by atoms with Crippen LogP contribution in [0.3, 0.4) is 0 Å². The van der Waals surface area contributed by atoms with Crippen LogP contribution in [0.25, 0.3) is 0 Å². The highest BCUT2D eigenvalue weighted by atomic mass is 32.2. The normalized spacial score (nSPS) is 17.4. The lowest BCUT2D eigenvalue weighted by molar-refractivity contribution is -0.137. The zero-order valence-corrected chi connectivity index (χ0v) is 23.3. The number of likely N-dealkylation sites (tertiary alicyclic amines) is 1. The minimum absolute atomic E-state index is 0.0169. The molecule has 41 heavy (non-hydrogen) atoms. The highest BCUT2D eigenvalue weighted by Gasteiger charge is 2.44. The smallest absolute Gasteiger partial charge is 0.303 e. The number of rotatable bonds is 10. The van der Waals surface area contributed by atoms with Crippen LogP contribution in [0.4, 0.5) is 22.0 Å². The summed E-state index contributed by atoms with van der Waals surface area (Å²) in [6.07, 6.45) is -0.372. The molecule has 4 nitrogen and oxygen atoms in total. The van der Waals surface area contributed by atoms with Crippen LogP contribution < -0.4 is 0 Å². The van der Waals surface area contributed by atoms with Gasteiger partial charge in [0.25, 0.3) is 0 Å². The van der Waals surface area contributed by atoms with Gasteiger partial charge in [-0.1, -0.05) is 30.3 Å². The second-order valence-electron chi connectivity index (χ2n) is 11.0. The minimum Gasteiger partial charge on any atom is -0.303 e. The molecule has 0 amide bonds. The van der Waals surface area contributed by atoms with E-state index in [-0.39, 0.29) is 34.5 Å². The van der Waals surface area contributed by atoms with Gasteiger partial charge in [-0.3, -0.25) is 0 Å². The van der Waals surface area contributed by atoms with Crippen LogP contribution in [0.5, 0.6) is 0 Å². The van der Waals surface area contributed by atoms with Crippen LogP contribution in [0, 0.1) is 11.6 Å². The van der Waals surface area contributed by atoms with Crippen LogP contribution in [-0.4, -0.2) is 49.3 Å². The summed E-state index contributed by atoms with van der Waals surface area (Å²) in [5.74, 6) is -0.647. The zero-order valence-electron chi connectivity index (χ0n) is 22.5. The number of piperidine rings is 1. The summed E-state index contributed by atoms with van der Waals surface area (Å²) in [6, 6.07) is 16.3. The molecule has 0 bridgehead atoms. The summed E-state index contributed by atoms with van der Waals surface area (Å²) in [5.41, 5.74) is 0.942. The second kappa shape index (κ2) is 12.2. The largest absolute Gasteiger partial charge is 0.416 e. The summed E-state index contributed by atoms with van der Waals surface area (Å²) in [5, 5.41) is 0. The fourth-order valence-electron chi connectivity index (χ4n) is 5.81. The molecule has 1 saturated carbocycles. The van der Waals surface area contributed by atoms with Crippen molar-refractivity contribution < 1.29 is 30.4 Å². The minimum atomic E-state index is -4.62. The first kappa shape index (κ1) is 29.7. The van der Waals surface area contributed by atoms with Crippen molar-refractivity contribution in [1.82, 2.24) is 9.21 Å². The molecule has 0 atom stereocenters. The summed E-state index contributed by atoms with van der Waals surface area (Å²) in [4.78, 5) is 1.97. The fraction of sp³-hybridized carbons (Fsp3) is 0.419. The Labute approximate surface area is 237 Å². The number of hydrogen-bond acceptors (Lipinski definition) is 3. The van der Waals surface area contributed by atoms with Crippen LogP contribution in [-0.2, 0) is 16.2 Å². The van der Waals surface area contributed by atoms with Gasteiger partial charge >= 0.3 is 6.18 Å². The van der Waals surface area contributed by atoms with Crippen molar-refractivity contribution in [2.45, 2.75) is 67.6 Å². The van der Waals surface area contributed by atoms with Crippen molar-refractivity contribution in [3.05, 3.63) is 101 Å². The Kier molecular flexibility index (Phi) is 8.82. The van der Waals surface area contributed by atoms with Crippen LogP contribution in [0.1, 0.15) is 61.1 Å². The van der Waals surface area contributed by atoms with E-state index in [4.69, 9.17) is 0 Å². The molecule has 1 heterocycles. The number of hydrogen-bond donors (Lipinski definition) is 0. The van der Waals surface area contributed by atoms with Crippen LogP contribution >= 0.6 is 0 Å². The van der Waals surface area contributed by atoms with Gasteiger partial charge in [-0.25, -0.2) is 17.2 Å². The molecule has 0 spiro atoms. The van der Waals surface area contributed by atoms with Gasteiger partial charge in [-0.2, -0.15) is 17.5 Å². The topological polar surface area (TPSA) is 40.6 Å². The Morgan fingerprint density at radius 2 is 1.34 bits per heavy atom. The fourth-order valence-corrected chi connectivity index (χ4v) is 7.78. The second-order valence-corrected chi connectivity index (χ2v) is 12.8. The first-order valence-electron chi connectivity index (χ1n) is 14.0. The molecular weight excluding hydrogens is 559 g/mol. The van der Waals surface area contributed by atoms with Gasteiger partial charge in [-0.15, -0.1) is 0 Å². The number of benzene rings is 3. The van der Waals surface area contributed by atoms with Crippen LogP contribution in [0.15, 0.2) is 77.7 Å². The van der Waals surface area contributed by atoms with E-state index < -0.39 is 21.8 Å². The quantitative estimate of drug-likeness (QED) is 0.234. The molecule has 220 valence electrons. The molecule has 2 aliphatic rings. The van der Waals surface area contributed by atoms with Crippen molar-refractivity contribution in [1.29, 1.82) is 0 Å². The number of nitrogens with zero attached hydrogens (tertiary/aromatic N) is 2. The third-order valence-corrected chi connectivity index (χ3v) is 10.1. The van der Waals surface area contributed by atoms with Crippen molar-refractivity contribution in [2.75, 3.05) is 19.6 Å². The Balaban J connectivity index is 1.21. The molecule has 1 aliphatic carbocycles. The van der Waals surface area contributed by atoms with Crippen LogP contribution in [0.2, 0.25) is 0 Å². The Bertz CT molecular complexity index is 1370. The number of alkyl halides is 3. The van der Waals surface area contributed by atoms with E-state index in [1.807, 2.05) is 0 Å². The van der Waals surface area contributed by atoms with E-state index in [0.29, 0.717) is 38.8 Å².